The van der Waals surface area contributed by atoms with Gasteiger partial charge in [0.15, 0.2) is 0 Å². The van der Waals surface area contributed by atoms with Crippen molar-refractivity contribution in [1.82, 2.24) is 24.9 Å². The van der Waals surface area contributed by atoms with Gasteiger partial charge in [-0.15, -0.1) is 11.3 Å². The molecule has 0 bridgehead atoms. The van der Waals surface area contributed by atoms with Crippen molar-refractivity contribution in [3.8, 4) is 11.1 Å². The summed E-state index contributed by atoms with van der Waals surface area (Å²) in [6.07, 6.45) is 3.61. The molecule has 0 amide bonds. The number of rotatable bonds is 4. The van der Waals surface area contributed by atoms with Gasteiger partial charge in [-0.05, 0) is 24.6 Å². The zero-order valence-corrected chi connectivity index (χ0v) is 13.8. The van der Waals surface area contributed by atoms with Crippen LogP contribution in [0, 0.1) is 6.92 Å². The van der Waals surface area contributed by atoms with Crippen LogP contribution in [0.15, 0.2) is 35.4 Å². The fraction of sp³-hybridized carbons (Fsp3) is 0.125. The van der Waals surface area contributed by atoms with E-state index >= 15 is 0 Å². The van der Waals surface area contributed by atoms with Crippen LogP contribution in [0.5, 0.6) is 0 Å². The summed E-state index contributed by atoms with van der Waals surface area (Å²) in [4.78, 5) is 20.6. The lowest BCUT2D eigenvalue weighted by Crippen LogP contribution is -2.04. The Morgan fingerprint density at radius 1 is 1.29 bits per heavy atom. The zero-order valence-electron chi connectivity index (χ0n) is 12.9. The molecule has 8 heteroatoms. The molecule has 0 atom stereocenters. The smallest absolute Gasteiger partial charge is 0.143 e. The highest BCUT2D eigenvalue weighted by atomic mass is 32.1. The van der Waals surface area contributed by atoms with Crippen LogP contribution in [-0.2, 0) is 6.54 Å². The Bertz CT molecular complexity index is 991. The zero-order chi connectivity index (χ0) is 16.5. The summed E-state index contributed by atoms with van der Waals surface area (Å²) in [5.74, 6) is 1.95. The molecule has 120 valence electrons. The third-order valence-corrected chi connectivity index (χ3v) is 4.29. The summed E-state index contributed by atoms with van der Waals surface area (Å²) in [5, 5.41) is 6.31. The highest BCUT2D eigenvalue weighted by Gasteiger charge is 2.14. The number of hydrogen-bond donors (Lipinski definition) is 3. The molecule has 7 nitrogen and oxygen atoms in total. The highest BCUT2D eigenvalue weighted by molar-refractivity contribution is 7.07. The number of nitrogen functional groups attached to an aromatic ring is 1. The van der Waals surface area contributed by atoms with Crippen molar-refractivity contribution in [3.05, 3.63) is 46.9 Å². The van der Waals surface area contributed by atoms with E-state index in [1.807, 2.05) is 36.1 Å². The number of thiazole rings is 1. The van der Waals surface area contributed by atoms with E-state index in [9.17, 15) is 0 Å². The monoisotopic (exact) mass is 337 g/mol. The molecule has 0 radical (unpaired) electrons. The number of hydrogen-bond acceptors (Lipinski definition) is 7. The number of nitrogens with zero attached hydrogens (tertiary/aromatic N) is 4. The average Bonchev–Trinajstić information content (AvgIpc) is 3.22. The van der Waals surface area contributed by atoms with Crippen LogP contribution in [-0.4, -0.2) is 24.9 Å². The maximum Gasteiger partial charge on any atom is 0.143 e. The number of H-pyrrole nitrogens is 1. The van der Waals surface area contributed by atoms with E-state index in [4.69, 9.17) is 5.73 Å². The third-order valence-electron chi connectivity index (χ3n) is 3.66. The average molecular weight is 337 g/mol. The minimum Gasteiger partial charge on any atom is -0.384 e. The molecule has 0 aliphatic heterocycles. The first kappa shape index (κ1) is 14.6. The van der Waals surface area contributed by atoms with Crippen molar-refractivity contribution in [1.29, 1.82) is 0 Å². The molecular formula is C16H15N7S. The fourth-order valence-corrected chi connectivity index (χ4v) is 3.17. The van der Waals surface area contributed by atoms with Crippen molar-refractivity contribution >= 4 is 34.0 Å². The van der Waals surface area contributed by atoms with Crippen molar-refractivity contribution in [2.75, 3.05) is 11.1 Å². The number of fused-ring (bicyclic) bond motifs is 1. The van der Waals surface area contributed by atoms with Crippen molar-refractivity contribution in [2.45, 2.75) is 13.5 Å². The maximum atomic E-state index is 5.82. The maximum absolute atomic E-state index is 5.82. The second kappa shape index (κ2) is 5.89. The van der Waals surface area contributed by atoms with Gasteiger partial charge >= 0.3 is 0 Å². The van der Waals surface area contributed by atoms with Gasteiger partial charge in [0.25, 0.3) is 0 Å². The third kappa shape index (κ3) is 2.67. The van der Waals surface area contributed by atoms with Crippen molar-refractivity contribution in [2.24, 2.45) is 0 Å². The molecule has 0 fully saturated rings. The lowest BCUT2D eigenvalue weighted by atomic mass is 10.1. The van der Waals surface area contributed by atoms with Gasteiger partial charge in [-0.3, -0.25) is 0 Å². The summed E-state index contributed by atoms with van der Waals surface area (Å²) in [6, 6.07) is 3.76. The van der Waals surface area contributed by atoms with Gasteiger partial charge in [0.1, 0.15) is 23.1 Å². The lowest BCUT2D eigenvalue weighted by molar-refractivity contribution is 1.02. The fourth-order valence-electron chi connectivity index (χ4n) is 2.62. The first-order valence-corrected chi connectivity index (χ1v) is 8.33. The number of aryl methyl sites for hydroxylation is 1. The van der Waals surface area contributed by atoms with Crippen LogP contribution in [0.25, 0.3) is 22.2 Å². The topological polar surface area (TPSA) is 105 Å². The molecule has 4 rings (SSSR count). The quantitative estimate of drug-likeness (QED) is 0.529. The molecule has 4 aromatic heterocycles. The van der Waals surface area contributed by atoms with E-state index in [2.05, 4.69) is 30.2 Å². The van der Waals surface area contributed by atoms with Crippen LogP contribution in [0.3, 0.4) is 0 Å². The molecule has 4 heterocycles. The predicted molar refractivity (Wildman–Crippen MR) is 95.7 cm³/mol. The number of anilines is 2. The summed E-state index contributed by atoms with van der Waals surface area (Å²) in [7, 11) is 0. The first-order chi connectivity index (χ1) is 11.7. The number of aromatic nitrogens is 5. The minimum absolute atomic E-state index is 0.479. The van der Waals surface area contributed by atoms with Gasteiger partial charge in [0, 0.05) is 23.3 Å². The normalized spacial score (nSPS) is 11.0. The second-order valence-corrected chi connectivity index (χ2v) is 6.07. The molecular weight excluding hydrogens is 322 g/mol. The molecule has 4 aromatic rings. The van der Waals surface area contributed by atoms with E-state index in [-0.39, 0.29) is 0 Å². The molecule has 4 N–H and O–H groups in total. The molecule has 0 aromatic carbocycles. The summed E-state index contributed by atoms with van der Waals surface area (Å²) in [5.41, 5.74) is 11.4. The Labute approximate surface area is 142 Å². The Morgan fingerprint density at radius 3 is 3.00 bits per heavy atom. The summed E-state index contributed by atoms with van der Waals surface area (Å²) < 4.78 is 0. The number of nitrogens with one attached hydrogen (secondary N) is 2. The second-order valence-electron chi connectivity index (χ2n) is 5.35. The van der Waals surface area contributed by atoms with Crippen LogP contribution in [0.2, 0.25) is 0 Å². The molecule has 0 saturated carbocycles. The highest BCUT2D eigenvalue weighted by Crippen LogP contribution is 2.32. The van der Waals surface area contributed by atoms with Crippen LogP contribution >= 0.6 is 11.3 Å². The van der Waals surface area contributed by atoms with Crippen LogP contribution in [0.4, 0.5) is 11.6 Å². The van der Waals surface area contributed by atoms with E-state index in [1.165, 1.54) is 0 Å². The number of pyridine rings is 1. The first-order valence-electron chi connectivity index (χ1n) is 7.39. The van der Waals surface area contributed by atoms with Crippen LogP contribution in [0.1, 0.15) is 11.5 Å². The number of aromatic amines is 1. The lowest BCUT2D eigenvalue weighted by Gasteiger charge is -2.08. The van der Waals surface area contributed by atoms with Gasteiger partial charge < -0.3 is 16.0 Å². The largest absolute Gasteiger partial charge is 0.384 e. The molecule has 0 unspecified atom stereocenters. The van der Waals surface area contributed by atoms with Crippen molar-refractivity contribution < 1.29 is 0 Å². The Hall–Kier alpha value is -3.00. The summed E-state index contributed by atoms with van der Waals surface area (Å²) in [6.45, 7) is 2.48. The van der Waals surface area contributed by atoms with E-state index in [0.29, 0.717) is 18.2 Å². The summed E-state index contributed by atoms with van der Waals surface area (Å²) >= 11 is 1.57. The predicted octanol–water partition coefficient (Wildman–Crippen LogP) is 2.98. The Morgan fingerprint density at radius 2 is 2.21 bits per heavy atom. The minimum atomic E-state index is 0.479. The van der Waals surface area contributed by atoms with Gasteiger partial charge in [-0.25, -0.2) is 19.9 Å². The standard InChI is InChI=1S/C16H15N7S/c1-9-22-15(19-5-11-7-24-8-21-11)14-12(6-20-16(14)23-9)10-2-3-18-13(17)4-10/h2-4,6-8H,5H2,1H3,(H2,17,18)(H2,19,20,22,23). The van der Waals surface area contributed by atoms with Gasteiger partial charge in [-0.1, -0.05) is 0 Å². The molecule has 0 saturated heterocycles. The van der Waals surface area contributed by atoms with Gasteiger partial charge in [0.05, 0.1) is 23.1 Å². The van der Waals surface area contributed by atoms with E-state index < -0.39 is 0 Å². The van der Waals surface area contributed by atoms with E-state index in [0.717, 1.165) is 33.7 Å². The van der Waals surface area contributed by atoms with E-state index in [1.54, 1.807) is 17.5 Å². The molecule has 0 aliphatic carbocycles. The molecule has 0 aliphatic rings. The van der Waals surface area contributed by atoms with Crippen molar-refractivity contribution in [3.63, 3.8) is 0 Å². The Balaban J connectivity index is 1.81. The number of nitrogens with two attached hydrogens (primary N) is 1. The van der Waals surface area contributed by atoms with Crippen LogP contribution < -0.4 is 11.1 Å². The van der Waals surface area contributed by atoms with Gasteiger partial charge in [0.2, 0.25) is 0 Å². The molecule has 24 heavy (non-hydrogen) atoms. The van der Waals surface area contributed by atoms with Gasteiger partial charge in [-0.2, -0.15) is 0 Å². The molecule has 0 spiro atoms. The Kier molecular flexibility index (Phi) is 3.58. The SMILES string of the molecule is Cc1nc(NCc2cscn2)c2c(-c3ccnc(N)c3)c[nH]c2n1.